The van der Waals surface area contributed by atoms with E-state index in [4.69, 9.17) is 0 Å². The third-order valence-electron chi connectivity index (χ3n) is 2.48. The van der Waals surface area contributed by atoms with Gasteiger partial charge in [-0.3, -0.25) is 0 Å². The van der Waals surface area contributed by atoms with Crippen LogP contribution in [-0.4, -0.2) is 14.5 Å². The van der Waals surface area contributed by atoms with Crippen molar-refractivity contribution in [2.45, 2.75) is 18.8 Å². The second kappa shape index (κ2) is 2.25. The minimum absolute atomic E-state index is 0.259. The minimum Gasteiger partial charge on any atom is -0.504 e. The number of rotatable bonds is 1. The van der Waals surface area contributed by atoms with Gasteiger partial charge in [0.25, 0.3) is 0 Å². The first-order valence-electron chi connectivity index (χ1n) is 4.51. The molecule has 0 aromatic carbocycles. The van der Waals surface area contributed by atoms with E-state index in [0.717, 1.165) is 5.69 Å². The van der Waals surface area contributed by atoms with E-state index in [0.29, 0.717) is 11.6 Å². The SMILES string of the molecule is Oc1cccn2cc(C3CC3)nc12. The summed E-state index contributed by atoms with van der Waals surface area (Å²) in [4.78, 5) is 4.39. The van der Waals surface area contributed by atoms with Crippen molar-refractivity contribution in [1.82, 2.24) is 9.38 Å². The Labute approximate surface area is 75.7 Å². The molecule has 0 atom stereocenters. The summed E-state index contributed by atoms with van der Waals surface area (Å²) in [6, 6.07) is 3.49. The zero-order chi connectivity index (χ0) is 8.84. The Morgan fingerprint density at radius 1 is 1.46 bits per heavy atom. The van der Waals surface area contributed by atoms with Gasteiger partial charge in [-0.15, -0.1) is 0 Å². The highest BCUT2D eigenvalue weighted by atomic mass is 16.3. The molecule has 13 heavy (non-hydrogen) atoms. The smallest absolute Gasteiger partial charge is 0.179 e. The maximum Gasteiger partial charge on any atom is 0.179 e. The number of aromatic hydroxyl groups is 1. The van der Waals surface area contributed by atoms with Gasteiger partial charge in [-0.25, -0.2) is 4.98 Å². The Balaban J connectivity index is 2.26. The van der Waals surface area contributed by atoms with Crippen LogP contribution in [0.4, 0.5) is 0 Å². The molecule has 0 spiro atoms. The Hall–Kier alpha value is -1.51. The van der Waals surface area contributed by atoms with E-state index >= 15 is 0 Å². The lowest BCUT2D eigenvalue weighted by molar-refractivity contribution is 0.477. The molecule has 3 rings (SSSR count). The highest BCUT2D eigenvalue weighted by molar-refractivity contribution is 5.53. The van der Waals surface area contributed by atoms with Crippen LogP contribution in [0.1, 0.15) is 24.5 Å². The molecule has 1 fully saturated rings. The van der Waals surface area contributed by atoms with E-state index in [1.165, 1.54) is 12.8 Å². The van der Waals surface area contributed by atoms with E-state index in [-0.39, 0.29) is 5.75 Å². The summed E-state index contributed by atoms with van der Waals surface area (Å²) in [6.45, 7) is 0. The average Bonchev–Trinajstić information content (AvgIpc) is 2.87. The molecule has 1 aliphatic rings. The largest absolute Gasteiger partial charge is 0.504 e. The third-order valence-corrected chi connectivity index (χ3v) is 2.48. The van der Waals surface area contributed by atoms with Crippen LogP contribution in [0.3, 0.4) is 0 Å². The number of aromatic nitrogens is 2. The summed E-state index contributed by atoms with van der Waals surface area (Å²) in [5.41, 5.74) is 1.78. The standard InChI is InChI=1S/C10H10N2O/c13-9-2-1-5-12-6-8(7-3-4-7)11-10(9)12/h1-2,5-7,13H,3-4H2. The van der Waals surface area contributed by atoms with Crippen LogP contribution in [0.15, 0.2) is 24.5 Å². The number of hydrogen-bond acceptors (Lipinski definition) is 2. The molecule has 0 aliphatic heterocycles. The average molecular weight is 174 g/mol. The predicted molar refractivity (Wildman–Crippen MR) is 48.8 cm³/mol. The second-order valence-electron chi connectivity index (χ2n) is 3.56. The van der Waals surface area contributed by atoms with E-state index in [1.54, 1.807) is 6.07 Å². The van der Waals surface area contributed by atoms with Crippen molar-refractivity contribution in [2.24, 2.45) is 0 Å². The summed E-state index contributed by atoms with van der Waals surface area (Å²) in [5.74, 6) is 0.897. The fourth-order valence-corrected chi connectivity index (χ4v) is 1.59. The maximum atomic E-state index is 9.50. The Kier molecular flexibility index (Phi) is 1.20. The van der Waals surface area contributed by atoms with Crippen molar-refractivity contribution in [2.75, 3.05) is 0 Å². The molecule has 3 heteroatoms. The Morgan fingerprint density at radius 2 is 2.31 bits per heavy atom. The molecule has 1 aliphatic carbocycles. The van der Waals surface area contributed by atoms with Gasteiger partial charge in [0.2, 0.25) is 0 Å². The van der Waals surface area contributed by atoms with Crippen molar-refractivity contribution in [1.29, 1.82) is 0 Å². The van der Waals surface area contributed by atoms with E-state index in [2.05, 4.69) is 4.98 Å². The molecule has 0 unspecified atom stereocenters. The lowest BCUT2D eigenvalue weighted by Gasteiger charge is -1.92. The number of hydrogen-bond donors (Lipinski definition) is 1. The van der Waals surface area contributed by atoms with Crippen molar-refractivity contribution in [3.63, 3.8) is 0 Å². The van der Waals surface area contributed by atoms with Gasteiger partial charge in [0, 0.05) is 18.3 Å². The summed E-state index contributed by atoms with van der Waals surface area (Å²) >= 11 is 0. The zero-order valence-electron chi connectivity index (χ0n) is 7.14. The summed E-state index contributed by atoms with van der Waals surface area (Å²) in [5, 5.41) is 9.50. The van der Waals surface area contributed by atoms with Gasteiger partial charge in [-0.05, 0) is 25.0 Å². The molecule has 2 aromatic rings. The van der Waals surface area contributed by atoms with Crippen LogP contribution in [0, 0.1) is 0 Å². The van der Waals surface area contributed by atoms with E-state index in [9.17, 15) is 5.11 Å². The van der Waals surface area contributed by atoms with E-state index < -0.39 is 0 Å². The topological polar surface area (TPSA) is 37.5 Å². The Bertz CT molecular complexity index is 457. The van der Waals surface area contributed by atoms with Gasteiger partial charge in [-0.2, -0.15) is 0 Å². The molecule has 2 aromatic heterocycles. The molecule has 66 valence electrons. The molecular formula is C10H10N2O. The first-order valence-corrected chi connectivity index (χ1v) is 4.51. The fourth-order valence-electron chi connectivity index (χ4n) is 1.59. The zero-order valence-corrected chi connectivity index (χ0v) is 7.14. The molecule has 0 radical (unpaired) electrons. The molecule has 0 bridgehead atoms. The molecular weight excluding hydrogens is 164 g/mol. The fraction of sp³-hybridized carbons (Fsp3) is 0.300. The van der Waals surface area contributed by atoms with Crippen LogP contribution < -0.4 is 0 Å². The van der Waals surface area contributed by atoms with Crippen molar-refractivity contribution in [3.8, 4) is 5.75 Å². The van der Waals surface area contributed by atoms with Crippen molar-refractivity contribution >= 4 is 5.65 Å². The van der Waals surface area contributed by atoms with Gasteiger partial charge in [-0.1, -0.05) is 0 Å². The molecule has 0 amide bonds. The quantitative estimate of drug-likeness (QED) is 0.717. The lowest BCUT2D eigenvalue weighted by atomic mass is 10.3. The van der Waals surface area contributed by atoms with Crippen LogP contribution in [0.2, 0.25) is 0 Å². The highest BCUT2D eigenvalue weighted by Gasteiger charge is 2.26. The first-order chi connectivity index (χ1) is 6.34. The van der Waals surface area contributed by atoms with Gasteiger partial charge in [0.1, 0.15) is 0 Å². The summed E-state index contributed by atoms with van der Waals surface area (Å²) in [6.07, 6.45) is 6.40. The van der Waals surface area contributed by atoms with Crippen LogP contribution in [0.25, 0.3) is 5.65 Å². The Morgan fingerprint density at radius 3 is 3.00 bits per heavy atom. The van der Waals surface area contributed by atoms with Crippen molar-refractivity contribution < 1.29 is 5.11 Å². The molecule has 2 heterocycles. The van der Waals surface area contributed by atoms with Crippen molar-refractivity contribution in [3.05, 3.63) is 30.2 Å². The summed E-state index contributed by atoms with van der Waals surface area (Å²) in [7, 11) is 0. The van der Waals surface area contributed by atoms with Crippen LogP contribution >= 0.6 is 0 Å². The monoisotopic (exact) mass is 174 g/mol. The molecule has 3 nitrogen and oxygen atoms in total. The summed E-state index contributed by atoms with van der Waals surface area (Å²) < 4.78 is 1.88. The second-order valence-corrected chi connectivity index (χ2v) is 3.56. The minimum atomic E-state index is 0.259. The third kappa shape index (κ3) is 1.00. The molecule has 1 saturated carbocycles. The highest BCUT2D eigenvalue weighted by Crippen LogP contribution is 2.39. The number of pyridine rings is 1. The van der Waals surface area contributed by atoms with Gasteiger partial charge in [0.15, 0.2) is 11.4 Å². The van der Waals surface area contributed by atoms with Crippen LogP contribution in [0.5, 0.6) is 5.75 Å². The van der Waals surface area contributed by atoms with Gasteiger partial charge >= 0.3 is 0 Å². The number of imidazole rings is 1. The lowest BCUT2D eigenvalue weighted by Crippen LogP contribution is -1.80. The van der Waals surface area contributed by atoms with E-state index in [1.807, 2.05) is 22.9 Å². The maximum absolute atomic E-state index is 9.50. The predicted octanol–water partition coefficient (Wildman–Crippen LogP) is 1.92. The van der Waals surface area contributed by atoms with Crippen LogP contribution in [-0.2, 0) is 0 Å². The molecule has 1 N–H and O–H groups in total. The number of nitrogens with zero attached hydrogens (tertiary/aromatic N) is 2. The number of fused-ring (bicyclic) bond motifs is 1. The van der Waals surface area contributed by atoms with Gasteiger partial charge in [0.05, 0.1) is 5.69 Å². The first kappa shape index (κ1) is 6.95. The van der Waals surface area contributed by atoms with Gasteiger partial charge < -0.3 is 9.51 Å². The molecule has 0 saturated heterocycles. The normalized spacial score (nSPS) is 16.6.